The van der Waals surface area contributed by atoms with Gasteiger partial charge in [0.1, 0.15) is 0 Å². The highest BCUT2D eigenvalue weighted by molar-refractivity contribution is 5.93. The van der Waals surface area contributed by atoms with Gasteiger partial charge in [-0.15, -0.1) is 0 Å². The Morgan fingerprint density at radius 1 is 1.33 bits per heavy atom. The summed E-state index contributed by atoms with van der Waals surface area (Å²) < 4.78 is 0. The number of likely N-dealkylation sites (N-methyl/N-ethyl adjacent to an activating group) is 1. The monoisotopic (exact) mass is 238 g/mol. The van der Waals surface area contributed by atoms with Gasteiger partial charge >= 0.3 is 0 Å². The van der Waals surface area contributed by atoms with Crippen molar-refractivity contribution in [1.29, 1.82) is 0 Å². The van der Waals surface area contributed by atoms with Crippen LogP contribution in [0.3, 0.4) is 0 Å². The van der Waals surface area contributed by atoms with E-state index in [0.717, 1.165) is 6.42 Å². The van der Waals surface area contributed by atoms with Crippen LogP contribution >= 0.6 is 0 Å². The third kappa shape index (κ3) is 1.27. The van der Waals surface area contributed by atoms with E-state index < -0.39 is 0 Å². The summed E-state index contributed by atoms with van der Waals surface area (Å²) in [6.45, 7) is 3.54. The second kappa shape index (κ2) is 3.48. The maximum atomic E-state index is 3.41. The molecule has 0 saturated carbocycles. The molecule has 2 heterocycles. The summed E-state index contributed by atoms with van der Waals surface area (Å²) in [5.74, 6) is 0.684. The van der Waals surface area contributed by atoms with Crippen molar-refractivity contribution >= 4 is 17.0 Å². The number of benzene rings is 1. The van der Waals surface area contributed by atoms with E-state index in [1.165, 1.54) is 28.6 Å². The molecule has 0 amide bonds. The quantitative estimate of drug-likeness (QED) is 0.747. The molecule has 18 heavy (non-hydrogen) atoms. The Kier molecular flexibility index (Phi) is 2.01. The number of nitrogens with zero attached hydrogens (tertiary/aromatic N) is 1. The molecule has 2 heteroatoms. The highest BCUT2D eigenvalue weighted by Crippen LogP contribution is 2.37. The molecule has 1 aliphatic heterocycles. The van der Waals surface area contributed by atoms with Gasteiger partial charge in [0, 0.05) is 29.7 Å². The molecule has 1 aromatic heterocycles. The molecule has 1 aromatic carbocycles. The smallest absolute Gasteiger partial charge is 0.0462 e. The Morgan fingerprint density at radius 3 is 3.11 bits per heavy atom. The number of rotatable bonds is 0. The van der Waals surface area contributed by atoms with Crippen molar-refractivity contribution in [3.05, 3.63) is 41.1 Å². The van der Waals surface area contributed by atoms with Crippen LogP contribution in [-0.2, 0) is 6.42 Å². The third-order valence-electron chi connectivity index (χ3n) is 4.60. The first kappa shape index (κ1) is 10.4. The van der Waals surface area contributed by atoms with Gasteiger partial charge in [-0.3, -0.25) is 4.90 Å². The normalized spacial score (nSPS) is 27.1. The molecule has 0 unspecified atom stereocenters. The van der Waals surface area contributed by atoms with Gasteiger partial charge in [-0.05, 0) is 42.2 Å². The fourth-order valence-corrected chi connectivity index (χ4v) is 3.71. The van der Waals surface area contributed by atoms with E-state index in [-0.39, 0.29) is 0 Å². The van der Waals surface area contributed by atoms with Crippen molar-refractivity contribution in [2.75, 3.05) is 13.6 Å². The molecule has 1 aliphatic carbocycles. The van der Waals surface area contributed by atoms with Gasteiger partial charge in [0.2, 0.25) is 0 Å². The lowest BCUT2D eigenvalue weighted by Gasteiger charge is -2.19. The molecule has 0 bridgehead atoms. The summed E-state index contributed by atoms with van der Waals surface area (Å²) in [4.78, 5) is 5.91. The van der Waals surface area contributed by atoms with Crippen LogP contribution in [0.5, 0.6) is 0 Å². The molecule has 92 valence electrons. The van der Waals surface area contributed by atoms with E-state index >= 15 is 0 Å². The second-order valence-electron chi connectivity index (χ2n) is 5.79. The van der Waals surface area contributed by atoms with E-state index in [1.807, 2.05) is 0 Å². The van der Waals surface area contributed by atoms with E-state index in [1.54, 1.807) is 5.57 Å². The summed E-state index contributed by atoms with van der Waals surface area (Å²) in [5.41, 5.74) is 5.75. The van der Waals surface area contributed by atoms with Gasteiger partial charge in [0.25, 0.3) is 0 Å². The SMILES string of the molecule is C[C@H]1CN(C)[C@H]2Cc3c[nH]c4cccc(c34)C=C12. The second-order valence-corrected chi connectivity index (χ2v) is 5.79. The number of fused-ring (bicyclic) bond motifs is 1. The molecule has 1 N–H and O–H groups in total. The number of nitrogens with one attached hydrogen (secondary N) is 1. The zero-order valence-electron chi connectivity index (χ0n) is 10.9. The zero-order chi connectivity index (χ0) is 12.3. The van der Waals surface area contributed by atoms with E-state index in [2.05, 4.69) is 54.3 Å². The number of likely N-dealkylation sites (tertiary alicyclic amines) is 1. The standard InChI is InChI=1S/C16H18N2/c1-10-9-18(2)15-7-12-8-17-14-5-3-4-11(16(12)14)6-13(10)15/h3-6,8,10,15,17H,7,9H2,1-2H3/t10-,15-/m0/s1. The molecule has 2 aromatic rings. The molecular formula is C16H18N2. The molecule has 2 aliphatic rings. The van der Waals surface area contributed by atoms with Crippen molar-refractivity contribution < 1.29 is 0 Å². The van der Waals surface area contributed by atoms with Crippen LogP contribution in [-0.4, -0.2) is 29.5 Å². The van der Waals surface area contributed by atoms with Crippen molar-refractivity contribution in [2.24, 2.45) is 5.92 Å². The van der Waals surface area contributed by atoms with Crippen molar-refractivity contribution in [3.63, 3.8) is 0 Å². The third-order valence-corrected chi connectivity index (χ3v) is 4.60. The number of hydrogen-bond donors (Lipinski definition) is 1. The van der Waals surface area contributed by atoms with Crippen LogP contribution in [0.15, 0.2) is 30.0 Å². The van der Waals surface area contributed by atoms with Crippen LogP contribution in [0.4, 0.5) is 0 Å². The van der Waals surface area contributed by atoms with Gasteiger partial charge in [-0.1, -0.05) is 25.1 Å². The molecule has 0 spiro atoms. The topological polar surface area (TPSA) is 19.0 Å². The zero-order valence-corrected chi connectivity index (χ0v) is 10.9. The summed E-state index contributed by atoms with van der Waals surface area (Å²) >= 11 is 0. The highest BCUT2D eigenvalue weighted by Gasteiger charge is 2.34. The number of hydrogen-bond acceptors (Lipinski definition) is 1. The molecular weight excluding hydrogens is 220 g/mol. The fraction of sp³-hybridized carbons (Fsp3) is 0.375. The minimum atomic E-state index is 0.589. The minimum absolute atomic E-state index is 0.589. The van der Waals surface area contributed by atoms with Crippen molar-refractivity contribution in [2.45, 2.75) is 19.4 Å². The summed E-state index contributed by atoms with van der Waals surface area (Å²) in [7, 11) is 2.25. The van der Waals surface area contributed by atoms with Crippen LogP contribution in [0.2, 0.25) is 0 Å². The number of aromatic amines is 1. The lowest BCUT2D eigenvalue weighted by atomic mass is 9.96. The van der Waals surface area contributed by atoms with Gasteiger partial charge < -0.3 is 4.98 Å². The predicted molar refractivity (Wildman–Crippen MR) is 75.6 cm³/mol. The average Bonchev–Trinajstić information content (AvgIpc) is 2.80. The first-order valence-corrected chi connectivity index (χ1v) is 6.75. The lowest BCUT2D eigenvalue weighted by molar-refractivity contribution is 0.320. The Morgan fingerprint density at radius 2 is 2.22 bits per heavy atom. The molecule has 1 saturated heterocycles. The van der Waals surface area contributed by atoms with Crippen LogP contribution < -0.4 is 0 Å². The molecule has 2 atom stereocenters. The van der Waals surface area contributed by atoms with Crippen LogP contribution in [0.25, 0.3) is 17.0 Å². The fourth-order valence-electron chi connectivity index (χ4n) is 3.71. The summed E-state index contributed by atoms with van der Waals surface area (Å²) in [5, 5.41) is 1.43. The first-order valence-electron chi connectivity index (χ1n) is 6.75. The molecule has 4 rings (SSSR count). The number of H-pyrrole nitrogens is 1. The van der Waals surface area contributed by atoms with Gasteiger partial charge in [-0.25, -0.2) is 0 Å². The van der Waals surface area contributed by atoms with E-state index in [0.29, 0.717) is 12.0 Å². The first-order chi connectivity index (χ1) is 8.74. The van der Waals surface area contributed by atoms with Gasteiger partial charge in [0.05, 0.1) is 0 Å². The largest absolute Gasteiger partial charge is 0.361 e. The van der Waals surface area contributed by atoms with Gasteiger partial charge in [0.15, 0.2) is 0 Å². The molecule has 1 fully saturated rings. The predicted octanol–water partition coefficient (Wildman–Crippen LogP) is 3.06. The van der Waals surface area contributed by atoms with Gasteiger partial charge in [-0.2, -0.15) is 0 Å². The van der Waals surface area contributed by atoms with Crippen molar-refractivity contribution in [3.8, 4) is 0 Å². The van der Waals surface area contributed by atoms with Crippen LogP contribution in [0.1, 0.15) is 18.1 Å². The summed E-state index contributed by atoms with van der Waals surface area (Å²) in [6.07, 6.45) is 5.77. The number of aromatic nitrogens is 1. The molecule has 0 radical (unpaired) electrons. The van der Waals surface area contributed by atoms with Crippen molar-refractivity contribution in [1.82, 2.24) is 9.88 Å². The average molecular weight is 238 g/mol. The Balaban J connectivity index is 2.00. The Bertz CT molecular complexity index is 650. The maximum absolute atomic E-state index is 3.41. The molecule has 2 nitrogen and oxygen atoms in total. The van der Waals surface area contributed by atoms with E-state index in [4.69, 9.17) is 0 Å². The summed E-state index contributed by atoms with van der Waals surface area (Å²) in [6, 6.07) is 7.17. The highest BCUT2D eigenvalue weighted by atomic mass is 15.2. The Labute approximate surface area is 107 Å². The Hall–Kier alpha value is -1.54. The maximum Gasteiger partial charge on any atom is 0.0462 e. The van der Waals surface area contributed by atoms with E-state index in [9.17, 15) is 0 Å². The minimum Gasteiger partial charge on any atom is -0.361 e. The van der Waals surface area contributed by atoms with Crippen LogP contribution in [0, 0.1) is 5.92 Å². The lowest BCUT2D eigenvalue weighted by Crippen LogP contribution is -2.27.